The van der Waals surface area contributed by atoms with Crippen molar-refractivity contribution in [2.75, 3.05) is 0 Å². The van der Waals surface area contributed by atoms with Crippen LogP contribution in [0.4, 0.5) is 17.6 Å². The van der Waals surface area contributed by atoms with E-state index in [-0.39, 0.29) is 16.7 Å². The topological polar surface area (TPSA) is 21.6 Å². The zero-order valence-electron chi connectivity index (χ0n) is 10.8. The zero-order chi connectivity index (χ0) is 15.2. The molecular weight excluding hydrogens is 286 g/mol. The molecule has 110 valence electrons. The third-order valence-corrected chi connectivity index (χ3v) is 2.77. The molecule has 0 atom stereocenters. The van der Waals surface area contributed by atoms with E-state index in [2.05, 4.69) is 5.16 Å². The quantitative estimate of drug-likeness (QED) is 0.454. The minimum Gasteiger partial charge on any atom is -0.391 e. The SMILES string of the molecule is Fc1cccc(F)c1CON=Cc1ccccc1C(F)F. The van der Waals surface area contributed by atoms with Gasteiger partial charge in [0.25, 0.3) is 6.43 Å². The van der Waals surface area contributed by atoms with Crippen LogP contribution in [0.2, 0.25) is 0 Å². The fourth-order valence-corrected chi connectivity index (χ4v) is 1.69. The van der Waals surface area contributed by atoms with Crippen molar-refractivity contribution in [2.45, 2.75) is 13.0 Å². The Morgan fingerprint density at radius 2 is 1.67 bits per heavy atom. The van der Waals surface area contributed by atoms with Crippen molar-refractivity contribution in [3.05, 3.63) is 70.8 Å². The van der Waals surface area contributed by atoms with Gasteiger partial charge in [0.15, 0.2) is 0 Å². The maximum Gasteiger partial charge on any atom is 0.264 e. The standard InChI is InChI=1S/C15H11F4NO/c16-13-6-3-7-14(17)12(13)9-21-20-8-10-4-1-2-5-11(10)15(18)19/h1-8,15H,9H2. The maximum absolute atomic E-state index is 13.3. The fourth-order valence-electron chi connectivity index (χ4n) is 1.69. The maximum atomic E-state index is 13.3. The first-order valence-electron chi connectivity index (χ1n) is 6.05. The van der Waals surface area contributed by atoms with Crippen LogP contribution in [0.25, 0.3) is 0 Å². The van der Waals surface area contributed by atoms with Gasteiger partial charge in [-0.2, -0.15) is 0 Å². The molecular formula is C15H11F4NO. The summed E-state index contributed by atoms with van der Waals surface area (Å²) in [4.78, 5) is 4.76. The highest BCUT2D eigenvalue weighted by Gasteiger charge is 2.11. The Hall–Kier alpha value is -2.37. The Kier molecular flexibility index (Phi) is 4.92. The fraction of sp³-hybridized carbons (Fsp3) is 0.133. The molecule has 0 bridgehead atoms. The van der Waals surface area contributed by atoms with Gasteiger partial charge < -0.3 is 4.84 Å². The van der Waals surface area contributed by atoms with E-state index in [0.29, 0.717) is 0 Å². The van der Waals surface area contributed by atoms with Crippen molar-refractivity contribution in [1.82, 2.24) is 0 Å². The Balaban J connectivity index is 2.04. The lowest BCUT2D eigenvalue weighted by Gasteiger charge is -2.04. The minimum atomic E-state index is -2.64. The van der Waals surface area contributed by atoms with Crippen molar-refractivity contribution in [1.29, 1.82) is 0 Å². The molecule has 0 aliphatic rings. The van der Waals surface area contributed by atoms with Crippen molar-refractivity contribution in [3.8, 4) is 0 Å². The van der Waals surface area contributed by atoms with Gasteiger partial charge in [-0.15, -0.1) is 0 Å². The average molecular weight is 297 g/mol. The predicted molar refractivity (Wildman–Crippen MR) is 70.1 cm³/mol. The number of halogens is 4. The van der Waals surface area contributed by atoms with Crippen LogP contribution in [0.3, 0.4) is 0 Å². The molecule has 2 nitrogen and oxygen atoms in total. The first-order chi connectivity index (χ1) is 10.1. The third kappa shape index (κ3) is 3.81. The number of oxime groups is 1. The molecule has 0 fully saturated rings. The molecule has 21 heavy (non-hydrogen) atoms. The van der Waals surface area contributed by atoms with E-state index in [1.165, 1.54) is 24.3 Å². The Morgan fingerprint density at radius 3 is 2.33 bits per heavy atom. The summed E-state index contributed by atoms with van der Waals surface area (Å²) in [6, 6.07) is 9.18. The van der Waals surface area contributed by atoms with Crippen LogP contribution < -0.4 is 0 Å². The molecule has 2 aromatic carbocycles. The van der Waals surface area contributed by atoms with Crippen molar-refractivity contribution >= 4 is 6.21 Å². The van der Waals surface area contributed by atoms with Crippen molar-refractivity contribution in [2.24, 2.45) is 5.16 Å². The Morgan fingerprint density at radius 1 is 1.00 bits per heavy atom. The lowest BCUT2D eigenvalue weighted by Crippen LogP contribution is -1.97. The van der Waals surface area contributed by atoms with E-state index in [1.54, 1.807) is 6.07 Å². The average Bonchev–Trinajstić information content (AvgIpc) is 2.46. The second-order valence-corrected chi connectivity index (χ2v) is 4.14. The molecule has 0 aromatic heterocycles. The van der Waals surface area contributed by atoms with Gasteiger partial charge >= 0.3 is 0 Å². The summed E-state index contributed by atoms with van der Waals surface area (Å²) in [5.41, 5.74) is -0.278. The molecule has 0 heterocycles. The van der Waals surface area contributed by atoms with Gasteiger partial charge in [-0.25, -0.2) is 17.6 Å². The van der Waals surface area contributed by atoms with Gasteiger partial charge in [-0.1, -0.05) is 35.5 Å². The van der Waals surface area contributed by atoms with Crippen LogP contribution in [-0.4, -0.2) is 6.21 Å². The summed E-state index contributed by atoms with van der Waals surface area (Å²) in [6.45, 7) is -0.425. The molecule has 6 heteroatoms. The number of hydrogen-bond acceptors (Lipinski definition) is 2. The van der Waals surface area contributed by atoms with E-state index >= 15 is 0 Å². The van der Waals surface area contributed by atoms with Crippen LogP contribution in [0, 0.1) is 11.6 Å². The number of nitrogens with zero attached hydrogens (tertiary/aromatic N) is 1. The lowest BCUT2D eigenvalue weighted by atomic mass is 10.1. The highest BCUT2D eigenvalue weighted by atomic mass is 19.3. The molecule has 0 amide bonds. The Labute approximate surface area is 118 Å². The van der Waals surface area contributed by atoms with E-state index in [9.17, 15) is 17.6 Å². The number of alkyl halides is 2. The molecule has 0 saturated carbocycles. The van der Waals surface area contributed by atoms with Crippen LogP contribution in [0.15, 0.2) is 47.6 Å². The Bertz CT molecular complexity index is 623. The first-order valence-corrected chi connectivity index (χ1v) is 6.05. The molecule has 0 N–H and O–H groups in total. The van der Waals surface area contributed by atoms with Gasteiger partial charge in [-0.3, -0.25) is 0 Å². The van der Waals surface area contributed by atoms with Crippen LogP contribution in [-0.2, 0) is 11.4 Å². The van der Waals surface area contributed by atoms with Crippen molar-refractivity contribution in [3.63, 3.8) is 0 Å². The smallest absolute Gasteiger partial charge is 0.264 e. The molecule has 0 saturated heterocycles. The molecule has 0 radical (unpaired) electrons. The van der Waals surface area contributed by atoms with Gasteiger partial charge in [0.2, 0.25) is 0 Å². The molecule has 0 unspecified atom stereocenters. The van der Waals surface area contributed by atoms with E-state index < -0.39 is 24.7 Å². The van der Waals surface area contributed by atoms with Crippen LogP contribution in [0.5, 0.6) is 0 Å². The van der Waals surface area contributed by atoms with Crippen LogP contribution >= 0.6 is 0 Å². The number of rotatable bonds is 5. The second kappa shape index (κ2) is 6.88. The summed E-state index contributed by atoms with van der Waals surface area (Å²) in [5.74, 6) is -1.50. The highest BCUT2D eigenvalue weighted by molar-refractivity contribution is 5.81. The molecule has 0 spiro atoms. The monoisotopic (exact) mass is 297 g/mol. The van der Waals surface area contributed by atoms with Gasteiger partial charge in [-0.05, 0) is 12.1 Å². The lowest BCUT2D eigenvalue weighted by molar-refractivity contribution is 0.126. The molecule has 2 aromatic rings. The minimum absolute atomic E-state index is 0.182. The summed E-state index contributed by atoms with van der Waals surface area (Å²) in [5, 5.41) is 3.47. The molecule has 2 rings (SSSR count). The second-order valence-electron chi connectivity index (χ2n) is 4.14. The van der Waals surface area contributed by atoms with E-state index in [1.807, 2.05) is 0 Å². The normalized spacial score (nSPS) is 11.3. The molecule has 0 aliphatic heterocycles. The van der Waals surface area contributed by atoms with E-state index in [4.69, 9.17) is 4.84 Å². The predicted octanol–water partition coefficient (Wildman–Crippen LogP) is 4.45. The summed E-state index contributed by atoms with van der Waals surface area (Å²) < 4.78 is 52.0. The molecule has 0 aliphatic carbocycles. The van der Waals surface area contributed by atoms with Gasteiger partial charge in [0.1, 0.15) is 18.2 Å². The first kappa shape index (κ1) is 15.0. The highest BCUT2D eigenvalue weighted by Crippen LogP contribution is 2.21. The third-order valence-electron chi connectivity index (χ3n) is 2.77. The van der Waals surface area contributed by atoms with Crippen molar-refractivity contribution < 1.29 is 22.4 Å². The number of benzene rings is 2. The largest absolute Gasteiger partial charge is 0.391 e. The van der Waals surface area contributed by atoms with Gasteiger partial charge in [0.05, 0.1) is 11.8 Å². The van der Waals surface area contributed by atoms with Gasteiger partial charge in [0, 0.05) is 11.1 Å². The zero-order valence-corrected chi connectivity index (χ0v) is 10.8. The van der Waals surface area contributed by atoms with Crippen LogP contribution in [0.1, 0.15) is 23.1 Å². The summed E-state index contributed by atoms with van der Waals surface area (Å²) in [7, 11) is 0. The summed E-state index contributed by atoms with van der Waals surface area (Å²) in [6.07, 6.45) is -1.56. The number of hydrogen-bond donors (Lipinski definition) is 0. The summed E-state index contributed by atoms with van der Waals surface area (Å²) >= 11 is 0. The van der Waals surface area contributed by atoms with E-state index in [0.717, 1.165) is 18.3 Å².